The van der Waals surface area contributed by atoms with Crippen molar-refractivity contribution in [1.29, 1.82) is 0 Å². The number of rotatable bonds is 4. The van der Waals surface area contributed by atoms with Gasteiger partial charge in [0.15, 0.2) is 0 Å². The van der Waals surface area contributed by atoms with E-state index >= 15 is 0 Å². The first-order valence-electron chi connectivity index (χ1n) is 6.16. The van der Waals surface area contributed by atoms with Crippen LogP contribution in [0.25, 0.3) is 0 Å². The molecule has 0 aromatic carbocycles. The summed E-state index contributed by atoms with van der Waals surface area (Å²) < 4.78 is 5.74. The molecule has 1 aromatic rings. The first kappa shape index (κ1) is 11.4. The summed E-state index contributed by atoms with van der Waals surface area (Å²) in [6.45, 7) is 1.33. The predicted molar refractivity (Wildman–Crippen MR) is 64.2 cm³/mol. The molecule has 3 nitrogen and oxygen atoms in total. The van der Waals surface area contributed by atoms with Crippen molar-refractivity contribution in [2.75, 3.05) is 6.61 Å². The first-order chi connectivity index (χ1) is 7.88. The van der Waals surface area contributed by atoms with Crippen LogP contribution in [0, 0.1) is 5.92 Å². The van der Waals surface area contributed by atoms with E-state index in [1.54, 1.807) is 6.20 Å². The second kappa shape index (κ2) is 5.85. The third kappa shape index (κ3) is 3.20. The van der Waals surface area contributed by atoms with E-state index in [1.165, 1.54) is 32.1 Å². The summed E-state index contributed by atoms with van der Waals surface area (Å²) in [4.78, 5) is 4.21. The summed E-state index contributed by atoms with van der Waals surface area (Å²) in [7, 11) is 0. The van der Waals surface area contributed by atoms with Crippen LogP contribution in [-0.4, -0.2) is 11.6 Å². The molecule has 1 fully saturated rings. The highest BCUT2D eigenvalue weighted by Crippen LogP contribution is 2.24. The fraction of sp³-hybridized carbons (Fsp3) is 0.615. The van der Waals surface area contributed by atoms with Gasteiger partial charge < -0.3 is 10.5 Å². The van der Waals surface area contributed by atoms with E-state index in [0.29, 0.717) is 6.54 Å². The molecule has 2 N–H and O–H groups in total. The molecule has 1 aliphatic carbocycles. The maximum Gasteiger partial charge on any atom is 0.137 e. The minimum absolute atomic E-state index is 0.489. The fourth-order valence-corrected chi connectivity index (χ4v) is 2.18. The van der Waals surface area contributed by atoms with Crippen LogP contribution in [0.4, 0.5) is 0 Å². The van der Waals surface area contributed by atoms with E-state index in [-0.39, 0.29) is 0 Å². The smallest absolute Gasteiger partial charge is 0.137 e. The summed E-state index contributed by atoms with van der Waals surface area (Å²) in [6, 6.07) is 3.88. The average molecular weight is 220 g/mol. The fourth-order valence-electron chi connectivity index (χ4n) is 2.18. The van der Waals surface area contributed by atoms with E-state index in [1.807, 2.05) is 12.1 Å². The highest BCUT2D eigenvalue weighted by Gasteiger charge is 2.13. The Hall–Kier alpha value is -1.09. The molecule has 0 bridgehead atoms. The zero-order valence-electron chi connectivity index (χ0n) is 9.69. The van der Waals surface area contributed by atoms with Crippen molar-refractivity contribution in [2.45, 2.75) is 38.6 Å². The largest absolute Gasteiger partial charge is 0.492 e. The number of pyridine rings is 1. The molecule has 16 heavy (non-hydrogen) atoms. The van der Waals surface area contributed by atoms with E-state index in [2.05, 4.69) is 4.98 Å². The number of ether oxygens (including phenoxy) is 1. The molecule has 0 amide bonds. The molecule has 0 radical (unpaired) electrons. The molecule has 0 spiro atoms. The topological polar surface area (TPSA) is 48.1 Å². The van der Waals surface area contributed by atoms with E-state index in [9.17, 15) is 0 Å². The number of nitrogens with two attached hydrogens (primary N) is 1. The second-order valence-corrected chi connectivity index (χ2v) is 4.50. The molecule has 1 aliphatic rings. The van der Waals surface area contributed by atoms with Gasteiger partial charge in [-0.15, -0.1) is 0 Å². The van der Waals surface area contributed by atoms with Crippen molar-refractivity contribution in [3.05, 3.63) is 24.0 Å². The number of aromatic nitrogens is 1. The van der Waals surface area contributed by atoms with Gasteiger partial charge in [-0.2, -0.15) is 0 Å². The summed E-state index contributed by atoms with van der Waals surface area (Å²) in [5.41, 5.74) is 6.39. The minimum atomic E-state index is 0.489. The van der Waals surface area contributed by atoms with Gasteiger partial charge in [0.1, 0.15) is 5.75 Å². The van der Waals surface area contributed by atoms with Crippen LogP contribution in [0.15, 0.2) is 18.3 Å². The SMILES string of the molecule is NCc1ccc(OCC2CCCCC2)cn1. The maximum atomic E-state index is 5.74. The average Bonchev–Trinajstić information content (AvgIpc) is 2.38. The third-order valence-electron chi connectivity index (χ3n) is 3.22. The van der Waals surface area contributed by atoms with Crippen LogP contribution in [0.3, 0.4) is 0 Å². The van der Waals surface area contributed by atoms with Crippen LogP contribution in [-0.2, 0) is 6.54 Å². The van der Waals surface area contributed by atoms with Crippen LogP contribution < -0.4 is 10.5 Å². The zero-order chi connectivity index (χ0) is 11.2. The van der Waals surface area contributed by atoms with Crippen molar-refractivity contribution in [1.82, 2.24) is 4.98 Å². The lowest BCUT2D eigenvalue weighted by atomic mass is 9.90. The number of hydrogen-bond acceptors (Lipinski definition) is 3. The minimum Gasteiger partial charge on any atom is -0.492 e. The van der Waals surface area contributed by atoms with Gasteiger partial charge in [-0.05, 0) is 30.9 Å². The Morgan fingerprint density at radius 1 is 1.25 bits per heavy atom. The summed E-state index contributed by atoms with van der Waals surface area (Å²) in [5.74, 6) is 1.60. The molecular weight excluding hydrogens is 200 g/mol. The second-order valence-electron chi connectivity index (χ2n) is 4.50. The third-order valence-corrected chi connectivity index (χ3v) is 3.22. The van der Waals surface area contributed by atoms with E-state index < -0.39 is 0 Å². The Morgan fingerprint density at radius 3 is 2.69 bits per heavy atom. The van der Waals surface area contributed by atoms with E-state index in [0.717, 1.165) is 24.0 Å². The summed E-state index contributed by atoms with van der Waals surface area (Å²) >= 11 is 0. The lowest BCUT2D eigenvalue weighted by Gasteiger charge is -2.21. The van der Waals surface area contributed by atoms with Crippen LogP contribution >= 0.6 is 0 Å². The molecule has 1 aromatic heterocycles. The van der Waals surface area contributed by atoms with Gasteiger partial charge in [0.25, 0.3) is 0 Å². The van der Waals surface area contributed by atoms with Crippen LogP contribution in [0.5, 0.6) is 5.75 Å². The Balaban J connectivity index is 1.79. The van der Waals surface area contributed by atoms with Crippen LogP contribution in [0.2, 0.25) is 0 Å². The van der Waals surface area contributed by atoms with Gasteiger partial charge in [0.05, 0.1) is 18.5 Å². The lowest BCUT2D eigenvalue weighted by Crippen LogP contribution is -2.15. The predicted octanol–water partition coefficient (Wildman–Crippen LogP) is 2.50. The molecule has 3 heteroatoms. The number of nitrogens with zero attached hydrogens (tertiary/aromatic N) is 1. The quantitative estimate of drug-likeness (QED) is 0.848. The highest BCUT2D eigenvalue weighted by molar-refractivity contribution is 5.19. The van der Waals surface area contributed by atoms with Gasteiger partial charge in [-0.25, -0.2) is 0 Å². The highest BCUT2D eigenvalue weighted by atomic mass is 16.5. The molecular formula is C13H20N2O. The molecule has 1 heterocycles. The van der Waals surface area contributed by atoms with Gasteiger partial charge in [0.2, 0.25) is 0 Å². The zero-order valence-corrected chi connectivity index (χ0v) is 9.69. The van der Waals surface area contributed by atoms with Gasteiger partial charge in [-0.3, -0.25) is 4.98 Å². The molecule has 0 atom stereocenters. The molecule has 0 unspecified atom stereocenters. The molecule has 2 rings (SSSR count). The van der Waals surface area contributed by atoms with Crippen molar-refractivity contribution in [2.24, 2.45) is 11.7 Å². The Kier molecular flexibility index (Phi) is 4.17. The van der Waals surface area contributed by atoms with Crippen molar-refractivity contribution >= 4 is 0 Å². The standard InChI is InChI=1S/C13H20N2O/c14-8-12-6-7-13(9-15-12)16-10-11-4-2-1-3-5-11/h6-7,9,11H,1-5,8,10,14H2. The van der Waals surface area contributed by atoms with Gasteiger partial charge in [0, 0.05) is 6.54 Å². The molecule has 88 valence electrons. The Morgan fingerprint density at radius 2 is 2.06 bits per heavy atom. The summed E-state index contributed by atoms with van der Waals surface area (Å²) in [5, 5.41) is 0. The van der Waals surface area contributed by atoms with E-state index in [4.69, 9.17) is 10.5 Å². The first-order valence-corrected chi connectivity index (χ1v) is 6.16. The number of hydrogen-bond donors (Lipinski definition) is 1. The Labute approximate surface area is 97.0 Å². The maximum absolute atomic E-state index is 5.74. The monoisotopic (exact) mass is 220 g/mol. The Bertz CT molecular complexity index is 304. The van der Waals surface area contributed by atoms with Crippen molar-refractivity contribution in [3.8, 4) is 5.75 Å². The summed E-state index contributed by atoms with van der Waals surface area (Å²) in [6.07, 6.45) is 8.51. The molecule has 0 aliphatic heterocycles. The molecule has 1 saturated carbocycles. The van der Waals surface area contributed by atoms with Crippen LogP contribution in [0.1, 0.15) is 37.8 Å². The van der Waals surface area contributed by atoms with Gasteiger partial charge >= 0.3 is 0 Å². The van der Waals surface area contributed by atoms with Gasteiger partial charge in [-0.1, -0.05) is 19.3 Å². The normalized spacial score (nSPS) is 17.3. The van der Waals surface area contributed by atoms with Crippen molar-refractivity contribution < 1.29 is 4.74 Å². The molecule has 0 saturated heterocycles. The lowest BCUT2D eigenvalue weighted by molar-refractivity contribution is 0.208. The van der Waals surface area contributed by atoms with Crippen molar-refractivity contribution in [3.63, 3.8) is 0 Å².